The minimum Gasteiger partial charge on any atom is -0.354 e. The van der Waals surface area contributed by atoms with Crippen molar-refractivity contribution >= 4 is 17.5 Å². The van der Waals surface area contributed by atoms with Crippen molar-refractivity contribution in [1.29, 1.82) is 5.26 Å². The molecule has 30 heavy (non-hydrogen) atoms. The third-order valence-corrected chi connectivity index (χ3v) is 6.79. The molecule has 0 spiro atoms. The van der Waals surface area contributed by atoms with E-state index in [-0.39, 0.29) is 18.1 Å². The highest BCUT2D eigenvalue weighted by atomic mass is 16.1. The average molecular weight is 409 g/mol. The average Bonchev–Trinajstić information content (AvgIpc) is 3.14. The maximum Gasteiger partial charge on any atom is 0.217 e. The number of allylic oxidation sites excluding steroid dienone is 2. The third kappa shape index (κ3) is 4.06. The molecule has 3 atom stereocenters. The summed E-state index contributed by atoms with van der Waals surface area (Å²) in [5.74, 6) is 0.564. The van der Waals surface area contributed by atoms with E-state index in [0.29, 0.717) is 18.3 Å². The first-order valence-corrected chi connectivity index (χ1v) is 11.4. The topological polar surface area (TPSA) is 92.9 Å². The number of fused-ring (bicyclic) bond motifs is 1. The number of amides is 1. The van der Waals surface area contributed by atoms with Crippen LogP contribution >= 0.6 is 0 Å². The number of carbonyl (C=O) groups is 1. The summed E-state index contributed by atoms with van der Waals surface area (Å²) in [6.07, 6.45) is 19.9. The molecule has 0 aromatic heterocycles. The summed E-state index contributed by atoms with van der Waals surface area (Å²) in [4.78, 5) is 24.0. The molecule has 7 nitrogen and oxygen atoms in total. The molecule has 1 saturated carbocycles. The minimum absolute atomic E-state index is 0.0331. The van der Waals surface area contributed by atoms with Crippen LogP contribution in [0.1, 0.15) is 64.7 Å². The molecule has 2 N–H and O–H groups in total. The number of piperidine rings is 1. The fourth-order valence-electron chi connectivity index (χ4n) is 5.48. The van der Waals surface area contributed by atoms with Gasteiger partial charge in [0, 0.05) is 19.5 Å². The first-order valence-electron chi connectivity index (χ1n) is 11.4. The lowest BCUT2D eigenvalue weighted by Gasteiger charge is -2.49. The summed E-state index contributed by atoms with van der Waals surface area (Å²) >= 11 is 0. The molecule has 2 fully saturated rings. The summed E-state index contributed by atoms with van der Waals surface area (Å²) in [6, 6.07) is 0.396. The highest BCUT2D eigenvalue weighted by molar-refractivity contribution is 6.05. The van der Waals surface area contributed by atoms with Crippen molar-refractivity contribution < 1.29 is 4.79 Å². The first-order chi connectivity index (χ1) is 14.6. The molecule has 2 aliphatic heterocycles. The SMILES string of the molecule is CC(=O)NC1(C2N=C3C=CC=CC3N2)CCCN(C2CCCCCCC2)C1=NC#N. The van der Waals surface area contributed by atoms with E-state index in [9.17, 15) is 10.1 Å². The van der Waals surface area contributed by atoms with E-state index in [4.69, 9.17) is 4.99 Å². The third-order valence-electron chi connectivity index (χ3n) is 6.79. The maximum absolute atomic E-state index is 12.3. The zero-order valence-corrected chi connectivity index (χ0v) is 17.8. The van der Waals surface area contributed by atoms with Gasteiger partial charge in [-0.05, 0) is 31.8 Å². The van der Waals surface area contributed by atoms with Gasteiger partial charge in [-0.15, -0.1) is 0 Å². The van der Waals surface area contributed by atoms with Crippen LogP contribution in [0.2, 0.25) is 0 Å². The Morgan fingerprint density at radius 2 is 2.03 bits per heavy atom. The van der Waals surface area contributed by atoms with Crippen molar-refractivity contribution in [3.05, 3.63) is 24.3 Å². The van der Waals surface area contributed by atoms with Crippen molar-refractivity contribution in [3.8, 4) is 6.19 Å². The van der Waals surface area contributed by atoms with E-state index in [1.807, 2.05) is 24.4 Å². The van der Waals surface area contributed by atoms with Crippen molar-refractivity contribution in [2.75, 3.05) is 6.54 Å². The summed E-state index contributed by atoms with van der Waals surface area (Å²) in [5, 5.41) is 16.4. The summed E-state index contributed by atoms with van der Waals surface area (Å²) in [7, 11) is 0. The Kier molecular flexibility index (Phi) is 6.33. The molecule has 4 rings (SSSR count). The number of amidine groups is 1. The Morgan fingerprint density at radius 3 is 2.73 bits per heavy atom. The molecule has 0 radical (unpaired) electrons. The molecule has 1 amide bonds. The zero-order chi connectivity index (χ0) is 21.0. The molecule has 3 unspecified atom stereocenters. The lowest BCUT2D eigenvalue weighted by molar-refractivity contribution is -0.120. The Bertz CT molecular complexity index is 814. The Hall–Kier alpha value is -2.46. The number of aliphatic imine (C=N–C) groups is 2. The second-order valence-electron chi connectivity index (χ2n) is 8.83. The quantitative estimate of drug-likeness (QED) is 0.702. The zero-order valence-electron chi connectivity index (χ0n) is 17.8. The molecule has 1 saturated heterocycles. The number of nitrogens with zero attached hydrogens (tertiary/aromatic N) is 4. The highest BCUT2D eigenvalue weighted by Crippen LogP contribution is 2.34. The van der Waals surface area contributed by atoms with Gasteiger partial charge in [0.25, 0.3) is 0 Å². The van der Waals surface area contributed by atoms with Crippen LogP contribution in [-0.2, 0) is 4.79 Å². The smallest absolute Gasteiger partial charge is 0.217 e. The van der Waals surface area contributed by atoms with E-state index >= 15 is 0 Å². The van der Waals surface area contributed by atoms with Gasteiger partial charge in [-0.3, -0.25) is 15.1 Å². The number of rotatable bonds is 3. The molecular weight excluding hydrogens is 376 g/mol. The monoisotopic (exact) mass is 408 g/mol. The normalized spacial score (nSPS) is 33.4. The van der Waals surface area contributed by atoms with E-state index in [1.54, 1.807) is 0 Å². The molecule has 4 aliphatic rings. The van der Waals surface area contributed by atoms with Crippen molar-refractivity contribution in [2.45, 2.75) is 88.5 Å². The Balaban J connectivity index is 1.71. The van der Waals surface area contributed by atoms with Gasteiger partial charge in [0.05, 0.1) is 11.8 Å². The van der Waals surface area contributed by atoms with Crippen LogP contribution in [0.4, 0.5) is 0 Å². The fourth-order valence-corrected chi connectivity index (χ4v) is 5.48. The van der Waals surface area contributed by atoms with Crippen molar-refractivity contribution in [3.63, 3.8) is 0 Å². The van der Waals surface area contributed by atoms with Gasteiger partial charge >= 0.3 is 0 Å². The summed E-state index contributed by atoms with van der Waals surface area (Å²) in [6.45, 7) is 2.41. The van der Waals surface area contributed by atoms with E-state index in [1.165, 1.54) is 39.0 Å². The van der Waals surface area contributed by atoms with Gasteiger partial charge in [0.1, 0.15) is 17.5 Å². The van der Waals surface area contributed by atoms with Crippen LogP contribution in [-0.4, -0.2) is 52.7 Å². The van der Waals surface area contributed by atoms with Crippen LogP contribution in [0.5, 0.6) is 0 Å². The predicted molar refractivity (Wildman–Crippen MR) is 118 cm³/mol. The van der Waals surface area contributed by atoms with Gasteiger partial charge in [0.15, 0.2) is 0 Å². The maximum atomic E-state index is 12.3. The van der Waals surface area contributed by atoms with E-state index < -0.39 is 5.54 Å². The summed E-state index contributed by atoms with van der Waals surface area (Å²) in [5.41, 5.74) is 0.153. The van der Waals surface area contributed by atoms with Crippen LogP contribution in [0.3, 0.4) is 0 Å². The van der Waals surface area contributed by atoms with E-state index in [0.717, 1.165) is 31.5 Å². The number of nitriles is 1. The lowest BCUT2D eigenvalue weighted by atomic mass is 9.82. The van der Waals surface area contributed by atoms with Crippen LogP contribution < -0.4 is 10.6 Å². The van der Waals surface area contributed by atoms with Crippen LogP contribution in [0, 0.1) is 11.5 Å². The number of likely N-dealkylation sites (tertiary alicyclic amines) is 1. The van der Waals surface area contributed by atoms with Crippen LogP contribution in [0.25, 0.3) is 0 Å². The molecule has 160 valence electrons. The van der Waals surface area contributed by atoms with Gasteiger partial charge in [0.2, 0.25) is 12.1 Å². The summed E-state index contributed by atoms with van der Waals surface area (Å²) < 4.78 is 0. The standard InChI is InChI=1S/C23H32N6O/c1-17(30)28-23(21-26-19-12-7-8-13-20(19)27-21)14-9-15-29(22(23)25-16-24)18-10-5-3-2-4-6-11-18/h7-8,12-13,18-19,21,26H,2-6,9-11,14-15H2,1H3,(H,28,30). The molecule has 0 aromatic rings. The predicted octanol–water partition coefficient (Wildman–Crippen LogP) is 2.81. The molecule has 2 aliphatic carbocycles. The minimum atomic E-state index is -0.811. The number of carbonyl (C=O) groups excluding carboxylic acids is 1. The first kappa shape index (κ1) is 20.8. The largest absolute Gasteiger partial charge is 0.354 e. The Morgan fingerprint density at radius 1 is 1.27 bits per heavy atom. The van der Waals surface area contributed by atoms with Crippen LogP contribution in [0.15, 0.2) is 34.3 Å². The van der Waals surface area contributed by atoms with Gasteiger partial charge in [-0.1, -0.05) is 50.3 Å². The fraction of sp³-hybridized carbons (Fsp3) is 0.652. The molecule has 7 heteroatoms. The number of hydrogen-bond donors (Lipinski definition) is 2. The second-order valence-corrected chi connectivity index (χ2v) is 8.83. The highest BCUT2D eigenvalue weighted by Gasteiger charge is 2.52. The Labute approximate surface area is 179 Å². The molecule has 0 bridgehead atoms. The van der Waals surface area contributed by atoms with Gasteiger partial charge in [-0.2, -0.15) is 10.3 Å². The molecule has 2 heterocycles. The van der Waals surface area contributed by atoms with Gasteiger partial charge in [-0.25, -0.2) is 0 Å². The van der Waals surface area contributed by atoms with Crippen molar-refractivity contribution in [1.82, 2.24) is 15.5 Å². The molecule has 0 aromatic carbocycles. The van der Waals surface area contributed by atoms with Crippen molar-refractivity contribution in [2.24, 2.45) is 9.98 Å². The number of nitrogens with one attached hydrogen (secondary N) is 2. The van der Waals surface area contributed by atoms with Gasteiger partial charge < -0.3 is 10.2 Å². The second kappa shape index (κ2) is 9.13. The lowest BCUT2D eigenvalue weighted by Crippen LogP contribution is -2.71. The number of hydrogen-bond acceptors (Lipinski definition) is 5. The van der Waals surface area contributed by atoms with E-state index in [2.05, 4.69) is 26.6 Å². The molecular formula is C23H32N6O.